The number of hydrogen-bond acceptors (Lipinski definition) is 5. The highest BCUT2D eigenvalue weighted by Gasteiger charge is 2.30. The number of esters is 1. The van der Waals surface area contributed by atoms with Crippen molar-refractivity contribution >= 4 is 15.5 Å². The zero-order valence-corrected chi connectivity index (χ0v) is 15.6. The van der Waals surface area contributed by atoms with Gasteiger partial charge in [0.05, 0.1) is 6.61 Å². The maximum atomic E-state index is 13.5. The summed E-state index contributed by atoms with van der Waals surface area (Å²) in [5.74, 6) is -12.8. The average Bonchev–Trinajstić information content (AvgIpc) is 2.62. The van der Waals surface area contributed by atoms with E-state index in [1.165, 1.54) is 14.2 Å². The van der Waals surface area contributed by atoms with Crippen molar-refractivity contribution in [1.29, 1.82) is 0 Å². The molecule has 0 aromatic heterocycles. The van der Waals surface area contributed by atoms with Gasteiger partial charge in [-0.15, -0.1) is 0 Å². The summed E-state index contributed by atoms with van der Waals surface area (Å²) in [7, 11) is 0.766. The summed E-state index contributed by atoms with van der Waals surface area (Å²) in [5, 5.41) is 0. The number of carbonyl (C=O) groups excluding carboxylic acids is 1. The Morgan fingerprint density at radius 1 is 0.923 bits per heavy atom. The van der Waals surface area contributed by atoms with Crippen molar-refractivity contribution in [3.05, 3.63) is 34.6 Å². The Bertz CT molecular complexity index is 598. The van der Waals surface area contributed by atoms with Crippen LogP contribution in [0.4, 0.5) is 22.0 Å². The molecule has 0 heterocycles. The summed E-state index contributed by atoms with van der Waals surface area (Å²) < 4.78 is 86.0. The van der Waals surface area contributed by atoms with Crippen LogP contribution < -0.4 is 0 Å². The van der Waals surface area contributed by atoms with Gasteiger partial charge in [-0.1, -0.05) is 0 Å². The molecule has 26 heavy (non-hydrogen) atoms. The van der Waals surface area contributed by atoms with Crippen LogP contribution in [0, 0.1) is 29.1 Å². The predicted octanol–water partition coefficient (Wildman–Crippen LogP) is 3.12. The van der Waals surface area contributed by atoms with E-state index in [-0.39, 0.29) is 12.7 Å². The Balaban J connectivity index is 2.49. The lowest BCUT2D eigenvalue weighted by molar-refractivity contribution is 0.0476. The summed E-state index contributed by atoms with van der Waals surface area (Å²) in [6.07, 6.45) is 1.22. The van der Waals surface area contributed by atoms with Gasteiger partial charge in [-0.25, -0.2) is 26.7 Å². The van der Waals surface area contributed by atoms with Crippen LogP contribution in [0.15, 0.2) is 0 Å². The number of unbranched alkanes of at least 4 members (excludes halogenated alkanes) is 1. The second kappa shape index (κ2) is 10.6. The number of ether oxygens (including phenoxy) is 1. The Hall–Kier alpha value is -1.56. The van der Waals surface area contributed by atoms with Crippen molar-refractivity contribution in [3.63, 3.8) is 0 Å². The second-order valence-electron chi connectivity index (χ2n) is 5.28. The van der Waals surface area contributed by atoms with Crippen molar-refractivity contribution in [2.45, 2.75) is 32.3 Å². The van der Waals surface area contributed by atoms with E-state index in [9.17, 15) is 26.7 Å². The lowest BCUT2D eigenvalue weighted by atomic mass is 10.1. The molecule has 1 unspecified atom stereocenters. The van der Waals surface area contributed by atoms with Gasteiger partial charge in [0.2, 0.25) is 5.82 Å². The van der Waals surface area contributed by atoms with E-state index in [0.717, 1.165) is 0 Å². The molecule has 0 radical (unpaired) electrons. The number of rotatable bonds is 10. The Kier molecular flexibility index (Phi) is 9.12. The Morgan fingerprint density at radius 2 is 1.42 bits per heavy atom. The fourth-order valence-corrected chi connectivity index (χ4v) is 2.95. The monoisotopic (exact) mass is 402 g/mol. The van der Waals surface area contributed by atoms with E-state index in [1.807, 2.05) is 0 Å². The van der Waals surface area contributed by atoms with Crippen molar-refractivity contribution in [2.75, 3.05) is 20.8 Å². The van der Waals surface area contributed by atoms with Crippen LogP contribution in [0.5, 0.6) is 0 Å². The third-order valence-electron chi connectivity index (χ3n) is 3.38. The van der Waals surface area contributed by atoms with E-state index in [4.69, 9.17) is 13.3 Å². The maximum absolute atomic E-state index is 13.5. The van der Waals surface area contributed by atoms with Crippen molar-refractivity contribution in [1.82, 2.24) is 0 Å². The Morgan fingerprint density at radius 3 is 1.92 bits per heavy atom. The molecule has 1 atom stereocenters. The maximum Gasteiger partial charge on any atom is 0.483 e. The minimum Gasteiger partial charge on any atom is -0.462 e. The third-order valence-corrected chi connectivity index (χ3v) is 4.84. The lowest BCUT2D eigenvalue weighted by Gasteiger charge is -2.17. The van der Waals surface area contributed by atoms with E-state index in [2.05, 4.69) is 4.74 Å². The second-order valence-corrected chi connectivity index (χ2v) is 7.08. The van der Waals surface area contributed by atoms with E-state index < -0.39 is 50.1 Å². The van der Waals surface area contributed by atoms with Crippen LogP contribution in [0.1, 0.15) is 36.5 Å². The van der Waals surface area contributed by atoms with E-state index in [1.54, 1.807) is 6.92 Å². The Labute approximate surface area is 149 Å². The van der Waals surface area contributed by atoms with Crippen LogP contribution in [0.3, 0.4) is 0 Å². The number of halogens is 5. The van der Waals surface area contributed by atoms with Crippen molar-refractivity contribution < 1.29 is 44.8 Å². The first kappa shape index (κ1) is 22.5. The summed E-state index contributed by atoms with van der Waals surface area (Å²) in [5.41, 5.74) is -1.60. The minimum atomic E-state index is -2.33. The summed E-state index contributed by atoms with van der Waals surface area (Å²) in [6, 6.07) is 0. The summed E-state index contributed by atoms with van der Waals surface area (Å²) in [6.45, 7) is 1.54. The molecule has 0 bridgehead atoms. The molecular weight excluding hydrogens is 383 g/mol. The molecule has 0 N–H and O–H groups in total. The molecule has 1 rings (SSSR count). The highest BCUT2D eigenvalue weighted by molar-refractivity contribution is 6.36. The average molecular weight is 402 g/mol. The number of carbonyl (C=O) groups is 1. The molecule has 0 aliphatic heterocycles. The predicted molar refractivity (Wildman–Crippen MR) is 82.1 cm³/mol. The zero-order chi connectivity index (χ0) is 19.9. The molecule has 0 saturated heterocycles. The molecule has 0 spiro atoms. The molecule has 11 heteroatoms. The van der Waals surface area contributed by atoms with Crippen molar-refractivity contribution in [2.24, 2.45) is 0 Å². The first-order valence-electron chi connectivity index (χ1n) is 7.64. The molecule has 148 valence electrons. The van der Waals surface area contributed by atoms with Crippen molar-refractivity contribution in [3.8, 4) is 0 Å². The molecule has 1 aromatic carbocycles. The van der Waals surface area contributed by atoms with E-state index in [0.29, 0.717) is 19.3 Å². The van der Waals surface area contributed by atoms with Crippen LogP contribution in [0.2, 0.25) is 0 Å². The summed E-state index contributed by atoms with van der Waals surface area (Å²) >= 11 is 0. The zero-order valence-electron chi connectivity index (χ0n) is 14.4. The highest BCUT2D eigenvalue weighted by Crippen LogP contribution is 2.23. The number of benzene rings is 1. The van der Waals surface area contributed by atoms with Gasteiger partial charge in [0.25, 0.3) is 0 Å². The van der Waals surface area contributed by atoms with Gasteiger partial charge >= 0.3 is 15.5 Å². The molecule has 5 nitrogen and oxygen atoms in total. The van der Waals surface area contributed by atoms with Crippen LogP contribution in [0.25, 0.3) is 0 Å². The third kappa shape index (κ3) is 5.73. The molecule has 1 aromatic rings. The fourth-order valence-electron chi connectivity index (χ4n) is 2.02. The van der Waals surface area contributed by atoms with Gasteiger partial charge < -0.3 is 18.0 Å². The molecule has 0 saturated carbocycles. The first-order chi connectivity index (χ1) is 12.2. The smallest absolute Gasteiger partial charge is 0.462 e. The largest absolute Gasteiger partial charge is 0.483 e. The molecule has 0 aliphatic rings. The van der Waals surface area contributed by atoms with Crippen LogP contribution in [-0.4, -0.2) is 42.4 Å². The van der Waals surface area contributed by atoms with E-state index >= 15 is 0 Å². The van der Waals surface area contributed by atoms with Gasteiger partial charge in [0.1, 0.15) is 5.56 Å². The molecule has 0 fully saturated rings. The fraction of sp³-hybridized carbons (Fsp3) is 0.533. The van der Waals surface area contributed by atoms with Gasteiger partial charge in [-0.2, -0.15) is 0 Å². The van der Waals surface area contributed by atoms with Gasteiger partial charge in [-0.3, -0.25) is 0 Å². The SMILES string of the molecule is CO[SiH](OC)OC(C)CCCCOC(=O)c1c(F)c(F)c(F)c(F)c1F. The van der Waals surface area contributed by atoms with Crippen LogP contribution in [-0.2, 0) is 18.0 Å². The minimum absolute atomic E-state index is 0.183. The molecule has 0 amide bonds. The topological polar surface area (TPSA) is 54.0 Å². The standard InChI is InChI=1S/C15H19F5O5Si/c1-8(25-26(22-2)23-3)6-4-5-7-24-15(21)9-10(16)12(18)14(20)13(19)11(9)17/h8,26H,4-7H2,1-3H3. The van der Waals surface area contributed by atoms with Crippen LogP contribution >= 0.6 is 0 Å². The first-order valence-corrected chi connectivity index (χ1v) is 9.05. The van der Waals surface area contributed by atoms with Gasteiger partial charge in [-0.05, 0) is 26.2 Å². The molecule has 0 aliphatic carbocycles. The highest BCUT2D eigenvalue weighted by atomic mass is 28.3. The normalized spacial score (nSPS) is 12.5. The lowest BCUT2D eigenvalue weighted by Crippen LogP contribution is -2.28. The van der Waals surface area contributed by atoms with Gasteiger partial charge in [0, 0.05) is 20.3 Å². The number of hydrogen-bond donors (Lipinski definition) is 0. The summed E-state index contributed by atoms with van der Waals surface area (Å²) in [4.78, 5) is 11.6. The quantitative estimate of drug-likeness (QED) is 0.150. The van der Waals surface area contributed by atoms with Gasteiger partial charge in [0.15, 0.2) is 23.3 Å². The molecular formula is C15H19F5O5Si.